The van der Waals surface area contributed by atoms with E-state index in [0.717, 1.165) is 0 Å². The largest absolute Gasteiger partial charge is 0.385 e. The van der Waals surface area contributed by atoms with E-state index in [-0.39, 0.29) is 6.42 Å². The van der Waals surface area contributed by atoms with E-state index in [1.54, 1.807) is 25.1 Å². The van der Waals surface area contributed by atoms with Gasteiger partial charge in [-0.15, -0.1) is 0 Å². The van der Waals surface area contributed by atoms with Gasteiger partial charge in [0.1, 0.15) is 6.29 Å². The Morgan fingerprint density at radius 3 is 2.57 bits per heavy atom. The topological polar surface area (TPSA) is 37.3 Å². The van der Waals surface area contributed by atoms with Gasteiger partial charge in [0.05, 0.1) is 15.6 Å². The molecule has 0 spiro atoms. The molecule has 0 heterocycles. The minimum absolute atomic E-state index is 0.0327. The van der Waals surface area contributed by atoms with Crippen molar-refractivity contribution in [2.45, 2.75) is 18.9 Å². The van der Waals surface area contributed by atoms with Crippen molar-refractivity contribution in [3.63, 3.8) is 0 Å². The van der Waals surface area contributed by atoms with Gasteiger partial charge in [-0.25, -0.2) is 0 Å². The average Bonchev–Trinajstić information content (AvgIpc) is 2.09. The predicted molar refractivity (Wildman–Crippen MR) is 56.7 cm³/mol. The van der Waals surface area contributed by atoms with Crippen LogP contribution in [0.2, 0.25) is 10.0 Å². The second kappa shape index (κ2) is 4.30. The van der Waals surface area contributed by atoms with Crippen LogP contribution in [-0.2, 0) is 10.4 Å². The maximum atomic E-state index is 10.3. The molecule has 0 saturated heterocycles. The molecule has 0 aliphatic carbocycles. The van der Waals surface area contributed by atoms with Gasteiger partial charge in [0, 0.05) is 6.42 Å². The van der Waals surface area contributed by atoms with E-state index in [0.29, 0.717) is 21.9 Å². The van der Waals surface area contributed by atoms with Crippen LogP contribution in [0.3, 0.4) is 0 Å². The summed E-state index contributed by atoms with van der Waals surface area (Å²) < 4.78 is 0. The summed E-state index contributed by atoms with van der Waals surface area (Å²) >= 11 is 11.5. The van der Waals surface area contributed by atoms with Crippen LogP contribution in [0.4, 0.5) is 0 Å². The summed E-state index contributed by atoms with van der Waals surface area (Å²) in [4.78, 5) is 10.3. The average molecular weight is 233 g/mol. The highest BCUT2D eigenvalue weighted by molar-refractivity contribution is 6.42. The van der Waals surface area contributed by atoms with Crippen molar-refractivity contribution in [3.8, 4) is 0 Å². The summed E-state index contributed by atoms with van der Waals surface area (Å²) in [5.41, 5.74) is -0.602. The first-order chi connectivity index (χ1) is 6.47. The van der Waals surface area contributed by atoms with Crippen molar-refractivity contribution >= 4 is 29.5 Å². The number of hydrogen-bond donors (Lipinski definition) is 1. The Hall–Kier alpha value is -0.570. The number of rotatable bonds is 3. The van der Waals surface area contributed by atoms with Crippen LogP contribution in [0.1, 0.15) is 18.9 Å². The Morgan fingerprint density at radius 1 is 1.43 bits per heavy atom. The highest BCUT2D eigenvalue weighted by Crippen LogP contribution is 2.29. The van der Waals surface area contributed by atoms with E-state index in [1.165, 1.54) is 0 Å². The highest BCUT2D eigenvalue weighted by Gasteiger charge is 2.22. The second-order valence-electron chi connectivity index (χ2n) is 3.27. The summed E-state index contributed by atoms with van der Waals surface area (Å²) in [5.74, 6) is 0. The van der Waals surface area contributed by atoms with E-state index >= 15 is 0 Å². The maximum Gasteiger partial charge on any atom is 0.123 e. The zero-order chi connectivity index (χ0) is 10.8. The lowest BCUT2D eigenvalue weighted by Crippen LogP contribution is -2.21. The molecule has 0 saturated carbocycles. The number of hydrogen-bond acceptors (Lipinski definition) is 2. The van der Waals surface area contributed by atoms with Crippen molar-refractivity contribution in [1.82, 2.24) is 0 Å². The molecule has 0 bridgehead atoms. The van der Waals surface area contributed by atoms with E-state index in [2.05, 4.69) is 0 Å². The third kappa shape index (κ3) is 2.47. The smallest absolute Gasteiger partial charge is 0.123 e. The normalized spacial score (nSPS) is 14.9. The maximum absolute atomic E-state index is 10.3. The summed E-state index contributed by atoms with van der Waals surface area (Å²) in [6.07, 6.45) is 0.702. The molecule has 2 nitrogen and oxygen atoms in total. The first kappa shape index (κ1) is 11.5. The molecular weight excluding hydrogens is 223 g/mol. The Kier molecular flexibility index (Phi) is 3.53. The second-order valence-corrected chi connectivity index (χ2v) is 4.09. The predicted octanol–water partition coefficient (Wildman–Crippen LogP) is 2.79. The molecule has 76 valence electrons. The molecule has 1 N–H and O–H groups in total. The first-order valence-electron chi connectivity index (χ1n) is 4.09. The fourth-order valence-electron chi connectivity index (χ4n) is 1.11. The number of aliphatic hydroxyl groups is 1. The third-order valence-corrected chi connectivity index (χ3v) is 2.76. The van der Waals surface area contributed by atoms with Gasteiger partial charge in [-0.1, -0.05) is 29.3 Å². The van der Waals surface area contributed by atoms with E-state index < -0.39 is 5.60 Å². The lowest BCUT2D eigenvalue weighted by Gasteiger charge is -2.21. The minimum Gasteiger partial charge on any atom is -0.385 e. The lowest BCUT2D eigenvalue weighted by atomic mass is 9.93. The van der Waals surface area contributed by atoms with Crippen LogP contribution < -0.4 is 0 Å². The number of carbonyl (C=O) groups is 1. The van der Waals surface area contributed by atoms with E-state index in [1.807, 2.05) is 0 Å². The summed E-state index contributed by atoms with van der Waals surface area (Å²) in [5, 5.41) is 10.7. The van der Waals surface area contributed by atoms with Gasteiger partial charge >= 0.3 is 0 Å². The Labute approximate surface area is 92.5 Å². The van der Waals surface area contributed by atoms with Gasteiger partial charge in [0.15, 0.2) is 0 Å². The molecule has 14 heavy (non-hydrogen) atoms. The van der Waals surface area contributed by atoms with Crippen molar-refractivity contribution in [2.75, 3.05) is 0 Å². The number of aldehydes is 1. The van der Waals surface area contributed by atoms with Gasteiger partial charge in [-0.05, 0) is 24.6 Å². The number of carbonyl (C=O) groups excluding carboxylic acids is 1. The molecule has 1 aromatic carbocycles. The molecule has 0 aliphatic heterocycles. The van der Waals surface area contributed by atoms with Crippen LogP contribution in [0.25, 0.3) is 0 Å². The standard InChI is InChI=1S/C10H10Cl2O2/c1-10(14,4-5-13)7-2-3-8(11)9(12)6-7/h2-3,5-6,14H,4H2,1H3. The quantitative estimate of drug-likeness (QED) is 0.815. The fourth-order valence-corrected chi connectivity index (χ4v) is 1.41. The van der Waals surface area contributed by atoms with Crippen molar-refractivity contribution < 1.29 is 9.90 Å². The third-order valence-electron chi connectivity index (χ3n) is 2.02. The molecule has 0 amide bonds. The van der Waals surface area contributed by atoms with Gasteiger partial charge in [0.2, 0.25) is 0 Å². The highest BCUT2D eigenvalue weighted by atomic mass is 35.5. The monoisotopic (exact) mass is 232 g/mol. The van der Waals surface area contributed by atoms with Gasteiger partial charge in [-0.3, -0.25) is 0 Å². The Bertz CT molecular complexity index is 348. The van der Waals surface area contributed by atoms with Crippen molar-refractivity contribution in [2.24, 2.45) is 0 Å². The molecule has 0 fully saturated rings. The van der Waals surface area contributed by atoms with E-state index in [9.17, 15) is 9.90 Å². The van der Waals surface area contributed by atoms with E-state index in [4.69, 9.17) is 23.2 Å². The zero-order valence-electron chi connectivity index (χ0n) is 7.63. The number of halogens is 2. The zero-order valence-corrected chi connectivity index (χ0v) is 9.14. The number of benzene rings is 1. The summed E-state index contributed by atoms with van der Waals surface area (Å²) in [6.45, 7) is 1.56. The molecule has 4 heteroatoms. The van der Waals surface area contributed by atoms with Crippen LogP contribution in [-0.4, -0.2) is 11.4 Å². The van der Waals surface area contributed by atoms with Gasteiger partial charge in [0.25, 0.3) is 0 Å². The fraction of sp³-hybridized carbons (Fsp3) is 0.300. The molecule has 0 aromatic heterocycles. The Balaban J connectivity index is 3.07. The molecule has 0 radical (unpaired) electrons. The molecule has 1 rings (SSSR count). The van der Waals surface area contributed by atoms with Crippen LogP contribution >= 0.6 is 23.2 Å². The first-order valence-corrected chi connectivity index (χ1v) is 4.84. The lowest BCUT2D eigenvalue weighted by molar-refractivity contribution is -0.112. The minimum atomic E-state index is -1.18. The van der Waals surface area contributed by atoms with Crippen molar-refractivity contribution in [3.05, 3.63) is 33.8 Å². The molecule has 1 aromatic rings. The summed E-state index contributed by atoms with van der Waals surface area (Å²) in [7, 11) is 0. The molecule has 1 unspecified atom stereocenters. The van der Waals surface area contributed by atoms with Crippen LogP contribution in [0.15, 0.2) is 18.2 Å². The van der Waals surface area contributed by atoms with Gasteiger partial charge < -0.3 is 9.90 Å². The molecule has 1 atom stereocenters. The molecule has 0 aliphatic rings. The Morgan fingerprint density at radius 2 is 2.07 bits per heavy atom. The SMILES string of the molecule is CC(O)(CC=O)c1ccc(Cl)c(Cl)c1. The molecular formula is C10H10Cl2O2. The van der Waals surface area contributed by atoms with Crippen LogP contribution in [0, 0.1) is 0 Å². The summed E-state index contributed by atoms with van der Waals surface area (Å²) in [6, 6.07) is 4.81. The van der Waals surface area contributed by atoms with Gasteiger partial charge in [-0.2, -0.15) is 0 Å². The van der Waals surface area contributed by atoms with Crippen molar-refractivity contribution in [1.29, 1.82) is 0 Å². The van der Waals surface area contributed by atoms with Crippen LogP contribution in [0.5, 0.6) is 0 Å².